The van der Waals surface area contributed by atoms with Crippen LogP contribution in [0.15, 0.2) is 91.0 Å². The molecule has 36 heavy (non-hydrogen) atoms. The van der Waals surface area contributed by atoms with Crippen LogP contribution in [-0.4, -0.2) is 47.8 Å². The minimum Gasteiger partial charge on any atom is -1.00 e. The van der Waals surface area contributed by atoms with Crippen molar-refractivity contribution < 1.29 is 36.1 Å². The zero-order chi connectivity index (χ0) is 24.1. The summed E-state index contributed by atoms with van der Waals surface area (Å²) in [5.41, 5.74) is 0.678. The van der Waals surface area contributed by atoms with Gasteiger partial charge in [0.15, 0.2) is 6.10 Å². The molecule has 5 heteroatoms. The average Bonchev–Trinajstić information content (AvgIpc) is 2.93. The van der Waals surface area contributed by atoms with Crippen LogP contribution >= 0.6 is 0 Å². The molecule has 3 saturated heterocycles. The fourth-order valence-corrected chi connectivity index (χ4v) is 6.07. The Labute approximate surface area is 225 Å². The summed E-state index contributed by atoms with van der Waals surface area (Å²) in [6, 6.07) is 29.0. The van der Waals surface area contributed by atoms with Crippen molar-refractivity contribution in [2.45, 2.75) is 43.8 Å². The number of ether oxygens (including phenoxy) is 1. The van der Waals surface area contributed by atoms with Gasteiger partial charge in [-0.25, -0.2) is 4.79 Å². The van der Waals surface area contributed by atoms with E-state index >= 15 is 0 Å². The molecular formula is C31H36BrNO3. The summed E-state index contributed by atoms with van der Waals surface area (Å²) in [7, 11) is 0. The van der Waals surface area contributed by atoms with E-state index in [2.05, 4.69) is 30.3 Å². The lowest BCUT2D eigenvalue weighted by molar-refractivity contribution is -0.946. The molecule has 0 aromatic heterocycles. The second-order valence-electron chi connectivity index (χ2n) is 10.4. The highest BCUT2D eigenvalue weighted by atomic mass is 79.9. The molecule has 0 aliphatic carbocycles. The van der Waals surface area contributed by atoms with Crippen molar-refractivity contribution in [3.63, 3.8) is 0 Å². The maximum Gasteiger partial charge on any atom is 0.348 e. The van der Waals surface area contributed by atoms with Crippen LogP contribution in [0.4, 0.5) is 0 Å². The molecule has 0 saturated carbocycles. The van der Waals surface area contributed by atoms with E-state index in [9.17, 15) is 9.90 Å². The Morgan fingerprint density at radius 3 is 1.92 bits per heavy atom. The Balaban J connectivity index is 0.00000304. The number of carbonyl (C=O) groups is 1. The Bertz CT molecular complexity index is 1060. The Kier molecular flexibility index (Phi) is 8.66. The van der Waals surface area contributed by atoms with Gasteiger partial charge in [-0.2, -0.15) is 0 Å². The van der Waals surface area contributed by atoms with Gasteiger partial charge in [-0.05, 0) is 36.0 Å². The van der Waals surface area contributed by atoms with Gasteiger partial charge in [-0.15, -0.1) is 0 Å². The van der Waals surface area contributed by atoms with Gasteiger partial charge in [-0.1, -0.05) is 91.0 Å². The van der Waals surface area contributed by atoms with E-state index in [4.69, 9.17) is 4.74 Å². The molecule has 6 rings (SSSR count). The first-order valence-electron chi connectivity index (χ1n) is 13.0. The van der Waals surface area contributed by atoms with Gasteiger partial charge in [0, 0.05) is 18.8 Å². The van der Waals surface area contributed by atoms with Crippen LogP contribution in [0.25, 0.3) is 0 Å². The van der Waals surface area contributed by atoms with Crippen LogP contribution in [0.3, 0.4) is 0 Å². The lowest BCUT2D eigenvalue weighted by Crippen LogP contribution is -3.00. The van der Waals surface area contributed by atoms with Gasteiger partial charge in [0.2, 0.25) is 5.60 Å². The van der Waals surface area contributed by atoms with E-state index < -0.39 is 11.6 Å². The molecule has 0 spiro atoms. The molecule has 0 amide bonds. The van der Waals surface area contributed by atoms with Crippen molar-refractivity contribution in [2.24, 2.45) is 5.92 Å². The Morgan fingerprint density at radius 1 is 0.833 bits per heavy atom. The number of esters is 1. The molecule has 190 valence electrons. The summed E-state index contributed by atoms with van der Waals surface area (Å²) >= 11 is 0. The second-order valence-corrected chi connectivity index (χ2v) is 10.4. The van der Waals surface area contributed by atoms with Crippen LogP contribution in [-0.2, 0) is 21.6 Å². The minimum absolute atomic E-state index is 0. The third-order valence-electron chi connectivity index (χ3n) is 8.17. The molecule has 4 nitrogen and oxygen atoms in total. The number of halogens is 1. The molecule has 1 unspecified atom stereocenters. The van der Waals surface area contributed by atoms with E-state index in [-0.39, 0.29) is 23.1 Å². The number of fused-ring (bicyclic) bond motifs is 3. The number of hydrogen-bond acceptors (Lipinski definition) is 3. The smallest absolute Gasteiger partial charge is 0.348 e. The molecule has 0 radical (unpaired) electrons. The molecule has 3 heterocycles. The third-order valence-corrected chi connectivity index (χ3v) is 8.17. The highest BCUT2D eigenvalue weighted by Gasteiger charge is 2.50. The van der Waals surface area contributed by atoms with Crippen molar-refractivity contribution in [2.75, 3.05) is 26.2 Å². The number of aliphatic hydroxyl groups is 1. The SMILES string of the molecule is O=C(OC1C[N+]2(CCCCc3ccccc3)CCC1CC2)C(O)(c1ccccc1)c1ccccc1.[Br-]. The number of benzene rings is 3. The van der Waals surface area contributed by atoms with Gasteiger partial charge in [0.25, 0.3) is 0 Å². The Hall–Kier alpha value is -2.47. The molecule has 3 aromatic rings. The van der Waals surface area contributed by atoms with Crippen LogP contribution in [0, 0.1) is 5.92 Å². The lowest BCUT2D eigenvalue weighted by atomic mass is 9.82. The summed E-state index contributed by atoms with van der Waals surface area (Å²) < 4.78 is 7.24. The zero-order valence-electron chi connectivity index (χ0n) is 20.8. The maximum atomic E-state index is 13.7. The van der Waals surface area contributed by atoms with Crippen LogP contribution in [0.2, 0.25) is 0 Å². The fraction of sp³-hybridized carbons (Fsp3) is 0.387. The van der Waals surface area contributed by atoms with Crippen LogP contribution < -0.4 is 17.0 Å². The van der Waals surface area contributed by atoms with Crippen molar-refractivity contribution in [3.8, 4) is 0 Å². The quantitative estimate of drug-likeness (QED) is 0.252. The molecule has 3 aromatic carbocycles. The second kappa shape index (κ2) is 11.7. The van der Waals surface area contributed by atoms with Gasteiger partial charge in [-0.3, -0.25) is 0 Å². The first kappa shape index (κ1) is 26.6. The normalized spacial score (nSPS) is 23.0. The van der Waals surface area contributed by atoms with Gasteiger partial charge in [0.05, 0.1) is 19.6 Å². The lowest BCUT2D eigenvalue weighted by Gasteiger charge is -2.52. The molecule has 1 atom stereocenters. The summed E-state index contributed by atoms with van der Waals surface area (Å²) in [4.78, 5) is 13.7. The van der Waals surface area contributed by atoms with Gasteiger partial charge < -0.3 is 31.3 Å². The molecule has 3 aliphatic rings. The zero-order valence-corrected chi connectivity index (χ0v) is 22.4. The number of hydrogen-bond donors (Lipinski definition) is 1. The number of quaternary nitrogens is 1. The monoisotopic (exact) mass is 549 g/mol. The minimum atomic E-state index is -1.81. The number of carbonyl (C=O) groups excluding carboxylic acids is 1. The van der Waals surface area contributed by atoms with Crippen molar-refractivity contribution in [1.82, 2.24) is 0 Å². The van der Waals surface area contributed by atoms with E-state index in [0.29, 0.717) is 17.0 Å². The fourth-order valence-electron chi connectivity index (χ4n) is 6.07. The number of unbranched alkanes of at least 4 members (excludes halogenated alkanes) is 1. The van der Waals surface area contributed by atoms with Crippen LogP contribution in [0.1, 0.15) is 42.4 Å². The summed E-state index contributed by atoms with van der Waals surface area (Å²) in [6.07, 6.45) is 5.51. The van der Waals surface area contributed by atoms with Crippen LogP contribution in [0.5, 0.6) is 0 Å². The standard InChI is InChI=1S/C31H36NO3.BrH/c33-30(31(34,27-15-6-2-7-16-27)28-17-8-3-9-18-28)35-29-24-32(22-19-26(29)20-23-32)21-11-10-14-25-12-4-1-5-13-25;/h1-9,12-13,15-18,26,29,34H,10-11,14,19-24H2;1H/q+1;/p-1. The first-order chi connectivity index (χ1) is 17.1. The summed E-state index contributed by atoms with van der Waals surface area (Å²) in [6.45, 7) is 4.34. The largest absolute Gasteiger partial charge is 1.00 e. The highest BCUT2D eigenvalue weighted by molar-refractivity contribution is 5.85. The molecule has 3 aliphatic heterocycles. The molecular weight excluding hydrogens is 514 g/mol. The van der Waals surface area contributed by atoms with Gasteiger partial charge in [0.1, 0.15) is 6.54 Å². The average molecular weight is 551 g/mol. The topological polar surface area (TPSA) is 46.5 Å². The first-order valence-corrected chi connectivity index (χ1v) is 13.0. The molecule has 3 fully saturated rings. The number of aryl methyl sites for hydroxylation is 1. The number of piperidine rings is 3. The van der Waals surface area contributed by atoms with Crippen molar-refractivity contribution in [3.05, 3.63) is 108 Å². The highest BCUT2D eigenvalue weighted by Crippen LogP contribution is 2.38. The van der Waals surface area contributed by atoms with Gasteiger partial charge >= 0.3 is 5.97 Å². The summed E-state index contributed by atoms with van der Waals surface area (Å²) in [5, 5.41) is 11.8. The Morgan fingerprint density at radius 2 is 1.36 bits per heavy atom. The molecule has 2 bridgehead atoms. The predicted octanol–water partition coefficient (Wildman–Crippen LogP) is 2.10. The van der Waals surface area contributed by atoms with E-state index in [1.807, 2.05) is 36.4 Å². The predicted molar refractivity (Wildman–Crippen MR) is 138 cm³/mol. The summed E-state index contributed by atoms with van der Waals surface area (Å²) in [5.74, 6) is -0.171. The van der Waals surface area contributed by atoms with Crippen molar-refractivity contribution >= 4 is 5.97 Å². The van der Waals surface area contributed by atoms with E-state index in [1.165, 1.54) is 31.5 Å². The molecule has 1 N–H and O–H groups in total. The number of nitrogens with zero attached hydrogens (tertiary/aromatic N) is 1. The van der Waals surface area contributed by atoms with E-state index in [0.717, 1.165) is 36.8 Å². The van der Waals surface area contributed by atoms with Crippen molar-refractivity contribution in [1.29, 1.82) is 0 Å². The maximum absolute atomic E-state index is 13.7. The van der Waals surface area contributed by atoms with E-state index in [1.54, 1.807) is 24.3 Å². The third kappa shape index (κ3) is 5.59. The number of rotatable bonds is 9.